The summed E-state index contributed by atoms with van der Waals surface area (Å²) in [5.74, 6) is -0.363. The normalized spacial score (nSPS) is 14.1. The van der Waals surface area contributed by atoms with Crippen molar-refractivity contribution >= 4 is 5.78 Å². The lowest BCUT2D eigenvalue weighted by molar-refractivity contribution is -0.113. The summed E-state index contributed by atoms with van der Waals surface area (Å²) in [6, 6.07) is 8.78. The molecule has 0 fully saturated rings. The quantitative estimate of drug-likeness (QED) is 0.548. The number of ketones is 1. The van der Waals surface area contributed by atoms with Crippen molar-refractivity contribution in [2.45, 2.75) is 58.3 Å². The average Bonchev–Trinajstić information content (AvgIpc) is 2.45. The number of hydrogen-bond donors (Lipinski definition) is 1. The lowest BCUT2D eigenvalue weighted by atomic mass is 10.1. The zero-order chi connectivity index (χ0) is 14.1. The van der Waals surface area contributed by atoms with Crippen LogP contribution in [-0.4, -0.2) is 23.3 Å². The maximum Gasteiger partial charge on any atom is 0.220 e. The van der Waals surface area contributed by atoms with Gasteiger partial charge in [0.25, 0.3) is 0 Å². The second-order valence-corrected chi connectivity index (χ2v) is 4.77. The van der Waals surface area contributed by atoms with Crippen molar-refractivity contribution in [3.8, 4) is 0 Å². The summed E-state index contributed by atoms with van der Waals surface area (Å²) in [4.78, 5) is 12.0. The van der Waals surface area contributed by atoms with Gasteiger partial charge in [-0.25, -0.2) is 0 Å². The highest BCUT2D eigenvalue weighted by Gasteiger charge is 2.21. The van der Waals surface area contributed by atoms with Crippen LogP contribution in [0.3, 0.4) is 0 Å². The molecule has 0 saturated carbocycles. The van der Waals surface area contributed by atoms with Gasteiger partial charge in [-0.2, -0.15) is 0 Å². The third kappa shape index (κ3) is 5.53. The molecule has 1 rings (SSSR count). The van der Waals surface area contributed by atoms with E-state index in [0.29, 0.717) is 5.56 Å². The first-order chi connectivity index (χ1) is 9.19. The van der Waals surface area contributed by atoms with Crippen LogP contribution in [0.4, 0.5) is 0 Å². The Bertz CT molecular complexity index is 362. The van der Waals surface area contributed by atoms with Crippen molar-refractivity contribution in [2.24, 2.45) is 0 Å². The maximum absolute atomic E-state index is 12.0. The Kier molecular flexibility index (Phi) is 7.38. The molecular formula is C16H24O3. The van der Waals surface area contributed by atoms with E-state index in [4.69, 9.17) is 4.74 Å². The SMILES string of the molecule is CCCCC(CCC)OC(O)C(=O)c1ccccc1. The Balaban J connectivity index is 2.55. The summed E-state index contributed by atoms with van der Waals surface area (Å²) in [6.45, 7) is 4.20. The standard InChI is InChI=1S/C16H24O3/c1-3-5-12-14(9-4-2)19-16(18)15(17)13-10-7-6-8-11-13/h6-8,10-11,14,16,18H,3-5,9,12H2,1-2H3. The van der Waals surface area contributed by atoms with Crippen molar-refractivity contribution < 1.29 is 14.6 Å². The van der Waals surface area contributed by atoms with Gasteiger partial charge in [-0.15, -0.1) is 0 Å². The molecule has 0 bridgehead atoms. The predicted octanol–water partition coefficient (Wildman–Crippen LogP) is 3.56. The molecule has 106 valence electrons. The van der Waals surface area contributed by atoms with E-state index in [0.717, 1.165) is 32.1 Å². The molecule has 3 nitrogen and oxygen atoms in total. The van der Waals surface area contributed by atoms with Crippen molar-refractivity contribution in [1.29, 1.82) is 0 Å². The lowest BCUT2D eigenvalue weighted by Crippen LogP contribution is -2.29. The molecule has 0 amide bonds. The number of carbonyl (C=O) groups excluding carboxylic acids is 1. The second-order valence-electron chi connectivity index (χ2n) is 4.77. The van der Waals surface area contributed by atoms with E-state index in [2.05, 4.69) is 13.8 Å². The largest absolute Gasteiger partial charge is 0.362 e. The van der Waals surface area contributed by atoms with Gasteiger partial charge >= 0.3 is 0 Å². The molecule has 0 heterocycles. The van der Waals surface area contributed by atoms with Gasteiger partial charge in [-0.05, 0) is 12.8 Å². The van der Waals surface area contributed by atoms with Crippen LogP contribution in [0.15, 0.2) is 30.3 Å². The van der Waals surface area contributed by atoms with Crippen LogP contribution in [0.25, 0.3) is 0 Å². The molecule has 0 aromatic heterocycles. The Morgan fingerprint density at radius 3 is 2.42 bits per heavy atom. The Hall–Kier alpha value is -1.19. The van der Waals surface area contributed by atoms with Gasteiger partial charge in [0, 0.05) is 5.56 Å². The summed E-state index contributed by atoms with van der Waals surface area (Å²) < 4.78 is 5.52. The monoisotopic (exact) mass is 264 g/mol. The average molecular weight is 264 g/mol. The number of ether oxygens (including phenoxy) is 1. The van der Waals surface area contributed by atoms with Crippen LogP contribution in [0, 0.1) is 0 Å². The summed E-state index contributed by atoms with van der Waals surface area (Å²) >= 11 is 0. The molecule has 0 aliphatic heterocycles. The van der Waals surface area contributed by atoms with Crippen molar-refractivity contribution in [1.82, 2.24) is 0 Å². The van der Waals surface area contributed by atoms with Gasteiger partial charge in [0.15, 0.2) is 0 Å². The number of unbranched alkanes of at least 4 members (excludes halogenated alkanes) is 1. The highest BCUT2D eigenvalue weighted by molar-refractivity contribution is 5.98. The molecule has 19 heavy (non-hydrogen) atoms. The van der Waals surface area contributed by atoms with Gasteiger partial charge < -0.3 is 9.84 Å². The van der Waals surface area contributed by atoms with E-state index in [1.54, 1.807) is 24.3 Å². The smallest absolute Gasteiger partial charge is 0.220 e. The lowest BCUT2D eigenvalue weighted by Gasteiger charge is -2.20. The molecular weight excluding hydrogens is 240 g/mol. The molecule has 1 N–H and O–H groups in total. The van der Waals surface area contributed by atoms with E-state index in [1.165, 1.54) is 0 Å². The predicted molar refractivity (Wildman–Crippen MR) is 76.1 cm³/mol. The highest BCUT2D eigenvalue weighted by Crippen LogP contribution is 2.14. The molecule has 0 aliphatic rings. The number of aliphatic hydroxyl groups excluding tert-OH is 1. The number of Topliss-reactive ketones (excluding diaryl/α,β-unsaturated/α-hetero) is 1. The summed E-state index contributed by atoms with van der Waals surface area (Å²) in [5.41, 5.74) is 0.487. The minimum atomic E-state index is -1.35. The van der Waals surface area contributed by atoms with Gasteiger partial charge in [0.2, 0.25) is 12.1 Å². The minimum Gasteiger partial charge on any atom is -0.362 e. The van der Waals surface area contributed by atoms with Gasteiger partial charge in [0.05, 0.1) is 6.10 Å². The molecule has 0 radical (unpaired) electrons. The first-order valence-corrected chi connectivity index (χ1v) is 7.11. The van der Waals surface area contributed by atoms with E-state index >= 15 is 0 Å². The van der Waals surface area contributed by atoms with Gasteiger partial charge in [-0.1, -0.05) is 63.4 Å². The van der Waals surface area contributed by atoms with Crippen LogP contribution in [-0.2, 0) is 4.74 Å². The number of benzene rings is 1. The van der Waals surface area contributed by atoms with Crippen LogP contribution >= 0.6 is 0 Å². The summed E-state index contributed by atoms with van der Waals surface area (Å²) in [6.07, 6.45) is 3.51. The molecule has 2 atom stereocenters. The highest BCUT2D eigenvalue weighted by atomic mass is 16.6. The van der Waals surface area contributed by atoms with Crippen LogP contribution in [0.5, 0.6) is 0 Å². The van der Waals surface area contributed by atoms with E-state index in [1.807, 2.05) is 6.07 Å². The van der Waals surface area contributed by atoms with Gasteiger partial charge in [0.1, 0.15) is 0 Å². The summed E-state index contributed by atoms with van der Waals surface area (Å²) in [5, 5.41) is 9.90. The number of hydrogen-bond acceptors (Lipinski definition) is 3. The topological polar surface area (TPSA) is 46.5 Å². The first-order valence-electron chi connectivity index (χ1n) is 7.11. The fraction of sp³-hybridized carbons (Fsp3) is 0.562. The summed E-state index contributed by atoms with van der Waals surface area (Å²) in [7, 11) is 0. The Morgan fingerprint density at radius 2 is 1.84 bits per heavy atom. The third-order valence-corrected chi connectivity index (χ3v) is 3.09. The van der Waals surface area contributed by atoms with Crippen molar-refractivity contribution in [3.63, 3.8) is 0 Å². The molecule has 1 aromatic carbocycles. The zero-order valence-corrected chi connectivity index (χ0v) is 11.8. The Morgan fingerprint density at radius 1 is 1.16 bits per heavy atom. The second kappa shape index (κ2) is 8.83. The number of aliphatic hydroxyl groups is 1. The zero-order valence-electron chi connectivity index (χ0n) is 11.8. The number of carbonyl (C=O) groups is 1. The molecule has 1 aromatic rings. The van der Waals surface area contributed by atoms with E-state index < -0.39 is 6.29 Å². The molecule has 0 aliphatic carbocycles. The van der Waals surface area contributed by atoms with E-state index in [9.17, 15) is 9.90 Å². The van der Waals surface area contributed by atoms with Crippen LogP contribution < -0.4 is 0 Å². The fourth-order valence-electron chi connectivity index (χ4n) is 2.02. The molecule has 3 heteroatoms. The number of rotatable bonds is 9. The minimum absolute atomic E-state index is 0.0346. The fourth-order valence-corrected chi connectivity index (χ4v) is 2.02. The van der Waals surface area contributed by atoms with Crippen LogP contribution in [0.2, 0.25) is 0 Å². The maximum atomic E-state index is 12.0. The molecule has 0 spiro atoms. The van der Waals surface area contributed by atoms with E-state index in [-0.39, 0.29) is 11.9 Å². The molecule has 2 unspecified atom stereocenters. The van der Waals surface area contributed by atoms with Crippen LogP contribution in [0.1, 0.15) is 56.3 Å². The Labute approximate surface area is 115 Å². The van der Waals surface area contributed by atoms with Crippen molar-refractivity contribution in [3.05, 3.63) is 35.9 Å². The third-order valence-electron chi connectivity index (χ3n) is 3.09. The molecule has 0 saturated heterocycles. The van der Waals surface area contributed by atoms with Crippen molar-refractivity contribution in [2.75, 3.05) is 0 Å². The first kappa shape index (κ1) is 15.9. The van der Waals surface area contributed by atoms with Gasteiger partial charge in [-0.3, -0.25) is 4.79 Å².